The van der Waals surface area contributed by atoms with Gasteiger partial charge in [-0.3, -0.25) is 4.89 Å². The van der Waals surface area contributed by atoms with Crippen LogP contribution in [0.2, 0.25) is 0 Å². The number of rotatable bonds is 5. The number of thiazole rings is 1. The van der Waals surface area contributed by atoms with E-state index in [-0.39, 0.29) is 12.3 Å². The maximum Gasteiger partial charge on any atom is 0.392 e. The van der Waals surface area contributed by atoms with Crippen LogP contribution in [0.4, 0.5) is 0 Å². The van der Waals surface area contributed by atoms with Crippen LogP contribution in [0.25, 0.3) is 6.08 Å². The van der Waals surface area contributed by atoms with Gasteiger partial charge in [0.15, 0.2) is 5.69 Å². The summed E-state index contributed by atoms with van der Waals surface area (Å²) in [5.41, 5.74) is -0.413. The van der Waals surface area contributed by atoms with Crippen molar-refractivity contribution < 1.29 is 24.1 Å². The van der Waals surface area contributed by atoms with Crippen LogP contribution in [0.15, 0.2) is 11.5 Å². The first-order chi connectivity index (χ1) is 9.31. The monoisotopic (exact) mass is 299 g/mol. The molecular formula is C13H17NO5S. The van der Waals surface area contributed by atoms with Gasteiger partial charge in [-0.25, -0.2) is 14.6 Å². The summed E-state index contributed by atoms with van der Waals surface area (Å²) in [6.45, 7) is 7.31. The van der Waals surface area contributed by atoms with Crippen LogP contribution in [0, 0.1) is 0 Å². The second-order valence-corrected chi connectivity index (χ2v) is 5.60. The molecule has 0 saturated heterocycles. The van der Waals surface area contributed by atoms with Crippen molar-refractivity contribution in [3.63, 3.8) is 0 Å². The molecule has 0 aliphatic carbocycles. The summed E-state index contributed by atoms with van der Waals surface area (Å²) in [7, 11) is 0. The van der Waals surface area contributed by atoms with Crippen LogP contribution in [0.3, 0.4) is 0 Å². The number of esters is 1. The standard InChI is InChI=1S/C13H17NO5S/c1-5-17-19-12(16)9-8-20-10(14-9)6-7-11(15)18-13(2,3)4/h6-8H,5H2,1-4H3. The van der Waals surface area contributed by atoms with Crippen molar-refractivity contribution >= 4 is 29.4 Å². The Balaban J connectivity index is 2.60. The summed E-state index contributed by atoms with van der Waals surface area (Å²) in [5, 5.41) is 2.02. The highest BCUT2D eigenvalue weighted by molar-refractivity contribution is 7.10. The smallest absolute Gasteiger partial charge is 0.392 e. The van der Waals surface area contributed by atoms with E-state index in [0.29, 0.717) is 5.01 Å². The molecule has 1 heterocycles. The minimum atomic E-state index is -0.667. The Morgan fingerprint density at radius 1 is 1.40 bits per heavy atom. The fraction of sp³-hybridized carbons (Fsp3) is 0.462. The van der Waals surface area contributed by atoms with E-state index in [1.807, 2.05) is 0 Å². The second kappa shape index (κ2) is 7.16. The summed E-state index contributed by atoms with van der Waals surface area (Å²) >= 11 is 1.21. The quantitative estimate of drug-likeness (QED) is 0.360. The van der Waals surface area contributed by atoms with E-state index in [4.69, 9.17) is 4.74 Å². The van der Waals surface area contributed by atoms with Gasteiger partial charge in [-0.2, -0.15) is 4.89 Å². The molecule has 7 heteroatoms. The Labute approximate surface area is 121 Å². The molecule has 0 bridgehead atoms. The van der Waals surface area contributed by atoms with Crippen LogP contribution in [0.5, 0.6) is 0 Å². The molecule has 6 nitrogen and oxygen atoms in total. The maximum atomic E-state index is 11.5. The number of carbonyl (C=O) groups is 2. The molecule has 0 saturated carbocycles. The van der Waals surface area contributed by atoms with Gasteiger partial charge in [0.2, 0.25) is 0 Å². The predicted molar refractivity (Wildman–Crippen MR) is 74.0 cm³/mol. The number of aromatic nitrogens is 1. The van der Waals surface area contributed by atoms with Crippen molar-refractivity contribution in [2.45, 2.75) is 33.3 Å². The molecule has 0 radical (unpaired) electrons. The SMILES string of the molecule is CCOOC(=O)c1csc(C=CC(=O)OC(C)(C)C)n1. The molecule has 0 N–H and O–H groups in total. The number of hydrogen-bond acceptors (Lipinski definition) is 7. The van der Waals surface area contributed by atoms with E-state index in [1.165, 1.54) is 28.9 Å². The molecule has 0 aliphatic rings. The van der Waals surface area contributed by atoms with Crippen LogP contribution >= 0.6 is 11.3 Å². The van der Waals surface area contributed by atoms with E-state index < -0.39 is 17.5 Å². The van der Waals surface area contributed by atoms with Crippen molar-refractivity contribution in [2.75, 3.05) is 6.61 Å². The van der Waals surface area contributed by atoms with Gasteiger partial charge in [0, 0.05) is 11.5 Å². The molecule has 0 spiro atoms. The van der Waals surface area contributed by atoms with E-state index >= 15 is 0 Å². The third-order valence-corrected chi connectivity index (χ3v) is 2.56. The lowest BCUT2D eigenvalue weighted by Gasteiger charge is -2.17. The molecule has 0 fully saturated rings. The second-order valence-electron chi connectivity index (χ2n) is 4.72. The molecule has 1 aromatic rings. The molecule has 0 amide bonds. The lowest BCUT2D eigenvalue weighted by atomic mass is 10.2. The van der Waals surface area contributed by atoms with E-state index in [2.05, 4.69) is 14.8 Å². The van der Waals surface area contributed by atoms with Gasteiger partial charge < -0.3 is 4.74 Å². The Bertz CT molecular complexity index is 501. The van der Waals surface area contributed by atoms with Gasteiger partial charge in [-0.1, -0.05) is 0 Å². The van der Waals surface area contributed by atoms with Crippen molar-refractivity contribution in [3.05, 3.63) is 22.2 Å². The van der Waals surface area contributed by atoms with E-state index in [9.17, 15) is 9.59 Å². The zero-order chi connectivity index (χ0) is 15.2. The maximum absolute atomic E-state index is 11.5. The van der Waals surface area contributed by atoms with Crippen molar-refractivity contribution in [3.8, 4) is 0 Å². The van der Waals surface area contributed by atoms with Gasteiger partial charge in [0.1, 0.15) is 10.6 Å². The topological polar surface area (TPSA) is 74.7 Å². The van der Waals surface area contributed by atoms with Crippen LogP contribution in [-0.4, -0.2) is 29.1 Å². The molecule has 0 atom stereocenters. The molecule has 0 unspecified atom stereocenters. The molecule has 110 valence electrons. The van der Waals surface area contributed by atoms with Gasteiger partial charge in [-0.15, -0.1) is 11.3 Å². The largest absolute Gasteiger partial charge is 0.457 e. The zero-order valence-corrected chi connectivity index (χ0v) is 12.7. The zero-order valence-electron chi connectivity index (χ0n) is 11.8. The number of carbonyl (C=O) groups excluding carboxylic acids is 2. The molecular weight excluding hydrogens is 282 g/mol. The highest BCUT2D eigenvalue weighted by Crippen LogP contribution is 2.13. The summed E-state index contributed by atoms with van der Waals surface area (Å²) in [6.07, 6.45) is 2.75. The van der Waals surface area contributed by atoms with E-state index in [1.54, 1.807) is 27.7 Å². The number of ether oxygens (including phenoxy) is 1. The van der Waals surface area contributed by atoms with Gasteiger partial charge in [0.05, 0.1) is 6.61 Å². The summed E-state index contributed by atoms with van der Waals surface area (Å²) in [5.74, 6) is -1.13. The van der Waals surface area contributed by atoms with Crippen LogP contribution in [-0.2, 0) is 19.3 Å². The van der Waals surface area contributed by atoms with Gasteiger partial charge in [0.25, 0.3) is 0 Å². The first-order valence-electron chi connectivity index (χ1n) is 6.02. The molecule has 0 aromatic carbocycles. The van der Waals surface area contributed by atoms with Crippen molar-refractivity contribution in [1.82, 2.24) is 4.98 Å². The summed E-state index contributed by atoms with van der Waals surface area (Å²) < 4.78 is 5.11. The fourth-order valence-corrected chi connectivity index (χ4v) is 1.77. The third kappa shape index (κ3) is 5.94. The molecule has 1 rings (SSSR count). The van der Waals surface area contributed by atoms with Crippen molar-refractivity contribution in [2.24, 2.45) is 0 Å². The first-order valence-corrected chi connectivity index (χ1v) is 6.90. The first kappa shape index (κ1) is 16.3. The minimum Gasteiger partial charge on any atom is -0.457 e. The fourth-order valence-electron chi connectivity index (χ4n) is 1.09. The molecule has 0 aliphatic heterocycles. The minimum absolute atomic E-state index is 0.132. The van der Waals surface area contributed by atoms with Crippen LogP contribution < -0.4 is 0 Å². The molecule has 1 aromatic heterocycles. The molecule has 20 heavy (non-hydrogen) atoms. The summed E-state index contributed by atoms with van der Waals surface area (Å²) in [6, 6.07) is 0. The average molecular weight is 299 g/mol. The predicted octanol–water partition coefficient (Wildman–Crippen LogP) is 2.61. The Hall–Kier alpha value is -1.73. The van der Waals surface area contributed by atoms with Gasteiger partial charge >= 0.3 is 11.9 Å². The lowest BCUT2D eigenvalue weighted by Crippen LogP contribution is -2.22. The summed E-state index contributed by atoms with van der Waals surface area (Å²) in [4.78, 5) is 35.9. The Morgan fingerprint density at radius 3 is 2.70 bits per heavy atom. The lowest BCUT2D eigenvalue weighted by molar-refractivity contribution is -0.237. The number of hydrogen-bond donors (Lipinski definition) is 0. The van der Waals surface area contributed by atoms with Crippen LogP contribution in [0.1, 0.15) is 43.2 Å². The Kier molecular flexibility index (Phi) is 5.84. The third-order valence-electron chi connectivity index (χ3n) is 1.75. The van der Waals surface area contributed by atoms with Crippen molar-refractivity contribution in [1.29, 1.82) is 0 Å². The highest BCUT2D eigenvalue weighted by atomic mass is 32.1. The Morgan fingerprint density at radius 2 is 2.10 bits per heavy atom. The number of nitrogens with zero attached hydrogens (tertiary/aromatic N) is 1. The van der Waals surface area contributed by atoms with E-state index in [0.717, 1.165) is 0 Å². The highest BCUT2D eigenvalue weighted by Gasteiger charge is 2.15. The van der Waals surface area contributed by atoms with Gasteiger partial charge in [-0.05, 0) is 33.8 Å². The normalized spacial score (nSPS) is 11.6. The average Bonchev–Trinajstić information content (AvgIpc) is 2.80.